The Balaban J connectivity index is 2.78. The highest BCUT2D eigenvalue weighted by molar-refractivity contribution is 8.01. The molecule has 0 aliphatic carbocycles. The van der Waals surface area contributed by atoms with Crippen molar-refractivity contribution in [2.45, 2.75) is 51.3 Å². The molecule has 0 unspecified atom stereocenters. The first-order chi connectivity index (χ1) is 12.9. The van der Waals surface area contributed by atoms with Gasteiger partial charge < -0.3 is 9.47 Å². The molecule has 4 nitrogen and oxygen atoms in total. The Bertz CT molecular complexity index is 831. The van der Waals surface area contributed by atoms with Crippen LogP contribution in [0.2, 0.25) is 0 Å². The second kappa shape index (κ2) is 8.37. The van der Waals surface area contributed by atoms with Crippen LogP contribution in [0.25, 0.3) is 10.8 Å². The van der Waals surface area contributed by atoms with Gasteiger partial charge in [0.25, 0.3) is 0 Å². The molecule has 0 heterocycles. The summed E-state index contributed by atoms with van der Waals surface area (Å²) in [5, 5.41) is 1.50. The number of hydrogen-bond acceptors (Lipinski definition) is 6. The first-order valence-electron chi connectivity index (χ1n) is 9.03. The lowest BCUT2D eigenvalue weighted by Gasteiger charge is -2.24. The lowest BCUT2D eigenvalue weighted by atomic mass is 9.97. The predicted octanol–water partition coefficient (Wildman–Crippen LogP) is 6.19. The van der Waals surface area contributed by atoms with Gasteiger partial charge in [-0.15, -0.1) is 23.5 Å². The average molecular weight is 421 g/mol. The molecule has 6 heteroatoms. The first kappa shape index (κ1) is 22.6. The normalized spacial score (nSPS) is 12.1. The lowest BCUT2D eigenvalue weighted by Crippen LogP contribution is -2.27. The van der Waals surface area contributed by atoms with E-state index in [0.29, 0.717) is 11.5 Å². The fourth-order valence-corrected chi connectivity index (χ4v) is 4.13. The van der Waals surface area contributed by atoms with Gasteiger partial charge in [0.1, 0.15) is 0 Å². The molecule has 28 heavy (non-hydrogen) atoms. The molecule has 0 radical (unpaired) electrons. The van der Waals surface area contributed by atoms with Crippen molar-refractivity contribution < 1.29 is 19.1 Å². The van der Waals surface area contributed by atoms with Gasteiger partial charge in [0.15, 0.2) is 11.5 Å². The van der Waals surface area contributed by atoms with Crippen LogP contribution in [-0.2, 0) is 9.59 Å². The average Bonchev–Trinajstić information content (AvgIpc) is 2.61. The van der Waals surface area contributed by atoms with Crippen LogP contribution in [-0.4, -0.2) is 24.5 Å². The number of hydrogen-bond donors (Lipinski definition) is 0. The van der Waals surface area contributed by atoms with E-state index in [0.717, 1.165) is 20.6 Å². The minimum Gasteiger partial charge on any atom is -0.424 e. The molecule has 0 aliphatic heterocycles. The number of benzene rings is 2. The van der Waals surface area contributed by atoms with E-state index < -0.39 is 10.8 Å². The summed E-state index contributed by atoms with van der Waals surface area (Å²) in [4.78, 5) is 26.8. The summed E-state index contributed by atoms with van der Waals surface area (Å²) in [5.74, 6) is 0.421. The Morgan fingerprint density at radius 1 is 0.714 bits per heavy atom. The van der Waals surface area contributed by atoms with Crippen molar-refractivity contribution >= 4 is 46.2 Å². The maximum atomic E-state index is 12.6. The van der Waals surface area contributed by atoms with Gasteiger partial charge in [-0.25, -0.2) is 0 Å². The SMILES string of the molecule is CSc1c(SC)c(OC(=O)C(C)(C)C)c2ccccc2c1OC(=O)C(C)(C)C. The van der Waals surface area contributed by atoms with Crippen molar-refractivity contribution in [1.82, 2.24) is 0 Å². The summed E-state index contributed by atoms with van der Waals surface area (Å²) in [6.45, 7) is 10.9. The zero-order valence-electron chi connectivity index (χ0n) is 17.8. The van der Waals surface area contributed by atoms with E-state index in [-0.39, 0.29) is 11.9 Å². The third-order valence-electron chi connectivity index (χ3n) is 4.06. The molecule has 2 aromatic rings. The molecule has 0 aliphatic rings. The second-order valence-electron chi connectivity index (χ2n) is 8.55. The molecule has 0 fully saturated rings. The quantitative estimate of drug-likeness (QED) is 0.334. The molecule has 0 N–H and O–H groups in total. The molecular formula is C22H28O4S2. The minimum absolute atomic E-state index is 0.306. The van der Waals surface area contributed by atoms with Crippen molar-refractivity contribution in [1.29, 1.82) is 0 Å². The van der Waals surface area contributed by atoms with E-state index >= 15 is 0 Å². The zero-order chi connectivity index (χ0) is 21.3. The van der Waals surface area contributed by atoms with Crippen LogP contribution in [0.5, 0.6) is 11.5 Å². The third-order valence-corrected chi connectivity index (χ3v) is 5.78. The largest absolute Gasteiger partial charge is 0.424 e. The predicted molar refractivity (Wildman–Crippen MR) is 118 cm³/mol. The Morgan fingerprint density at radius 3 is 1.29 bits per heavy atom. The van der Waals surface area contributed by atoms with E-state index in [2.05, 4.69) is 0 Å². The van der Waals surface area contributed by atoms with Crippen LogP contribution in [0.3, 0.4) is 0 Å². The van der Waals surface area contributed by atoms with Crippen LogP contribution in [0, 0.1) is 10.8 Å². The van der Waals surface area contributed by atoms with Crippen LogP contribution in [0.4, 0.5) is 0 Å². The highest BCUT2D eigenvalue weighted by Crippen LogP contribution is 2.49. The number of carbonyl (C=O) groups is 2. The van der Waals surface area contributed by atoms with Crippen molar-refractivity contribution in [3.63, 3.8) is 0 Å². The summed E-state index contributed by atoms with van der Waals surface area (Å²) in [7, 11) is 0. The number of rotatable bonds is 4. The molecule has 2 rings (SSSR count). The lowest BCUT2D eigenvalue weighted by molar-refractivity contribution is -0.144. The number of esters is 2. The highest BCUT2D eigenvalue weighted by atomic mass is 32.2. The summed E-state index contributed by atoms with van der Waals surface area (Å²) < 4.78 is 11.7. The number of ether oxygens (including phenoxy) is 2. The van der Waals surface area contributed by atoms with Gasteiger partial charge in [-0.1, -0.05) is 24.3 Å². The van der Waals surface area contributed by atoms with Crippen molar-refractivity contribution in [3.8, 4) is 11.5 Å². The zero-order valence-corrected chi connectivity index (χ0v) is 19.4. The van der Waals surface area contributed by atoms with Crippen LogP contribution >= 0.6 is 23.5 Å². The molecular weight excluding hydrogens is 392 g/mol. The molecule has 0 bridgehead atoms. The highest BCUT2D eigenvalue weighted by Gasteiger charge is 2.30. The third kappa shape index (κ3) is 4.66. The summed E-state index contributed by atoms with van der Waals surface area (Å²) in [6, 6.07) is 7.54. The summed E-state index contributed by atoms with van der Waals surface area (Å²) >= 11 is 2.95. The molecule has 0 atom stereocenters. The standard InChI is InChI=1S/C22H28O4S2/c1-21(2,3)19(23)25-15-13-11-9-10-12-14(13)16(18(28-8)17(15)27-7)26-20(24)22(4,5)6/h9-12H,1-8H3. The Kier molecular flexibility index (Phi) is 6.77. The number of thioether (sulfide) groups is 2. The number of fused-ring (bicyclic) bond motifs is 1. The fraction of sp³-hybridized carbons (Fsp3) is 0.455. The molecule has 0 saturated carbocycles. The number of carbonyl (C=O) groups excluding carboxylic acids is 2. The van der Waals surface area contributed by atoms with Crippen LogP contribution in [0.1, 0.15) is 41.5 Å². The van der Waals surface area contributed by atoms with E-state index in [1.807, 2.05) is 78.3 Å². The van der Waals surface area contributed by atoms with Gasteiger partial charge in [-0.05, 0) is 54.1 Å². The fourth-order valence-electron chi connectivity index (χ4n) is 2.40. The van der Waals surface area contributed by atoms with Crippen molar-refractivity contribution in [2.24, 2.45) is 10.8 Å². The van der Waals surface area contributed by atoms with E-state index in [4.69, 9.17) is 9.47 Å². The van der Waals surface area contributed by atoms with Gasteiger partial charge in [-0.2, -0.15) is 0 Å². The van der Waals surface area contributed by atoms with Crippen molar-refractivity contribution in [3.05, 3.63) is 24.3 Å². The Labute approximate surface area is 175 Å². The molecule has 0 saturated heterocycles. The Hall–Kier alpha value is -1.66. The van der Waals surface area contributed by atoms with Gasteiger partial charge >= 0.3 is 11.9 Å². The topological polar surface area (TPSA) is 52.6 Å². The smallest absolute Gasteiger partial charge is 0.316 e. The maximum Gasteiger partial charge on any atom is 0.316 e. The molecule has 0 spiro atoms. The van der Waals surface area contributed by atoms with Gasteiger partial charge in [0.05, 0.1) is 20.6 Å². The second-order valence-corrected chi connectivity index (χ2v) is 10.2. The molecule has 2 aromatic carbocycles. The summed E-state index contributed by atoms with van der Waals surface area (Å²) in [5.41, 5.74) is -1.26. The monoisotopic (exact) mass is 420 g/mol. The molecule has 0 aromatic heterocycles. The first-order valence-corrected chi connectivity index (χ1v) is 11.5. The van der Waals surface area contributed by atoms with E-state index in [1.165, 1.54) is 23.5 Å². The van der Waals surface area contributed by atoms with E-state index in [9.17, 15) is 9.59 Å². The van der Waals surface area contributed by atoms with Crippen LogP contribution in [0.15, 0.2) is 34.1 Å². The summed E-state index contributed by atoms with van der Waals surface area (Å²) in [6.07, 6.45) is 3.85. The molecule has 152 valence electrons. The van der Waals surface area contributed by atoms with E-state index in [1.54, 1.807) is 0 Å². The Morgan fingerprint density at radius 2 is 1.04 bits per heavy atom. The maximum absolute atomic E-state index is 12.6. The van der Waals surface area contributed by atoms with Gasteiger partial charge in [0, 0.05) is 10.8 Å². The molecule has 0 amide bonds. The van der Waals surface area contributed by atoms with Crippen LogP contribution < -0.4 is 9.47 Å². The van der Waals surface area contributed by atoms with Gasteiger partial charge in [-0.3, -0.25) is 9.59 Å². The van der Waals surface area contributed by atoms with Crippen molar-refractivity contribution in [2.75, 3.05) is 12.5 Å². The minimum atomic E-state index is -0.631. The van der Waals surface area contributed by atoms with Gasteiger partial charge in [0.2, 0.25) is 0 Å².